The molecule has 0 aliphatic heterocycles. The number of benzene rings is 1. The van der Waals surface area contributed by atoms with Crippen molar-refractivity contribution in [2.75, 3.05) is 11.9 Å². The van der Waals surface area contributed by atoms with Gasteiger partial charge in [-0.15, -0.1) is 11.3 Å². The summed E-state index contributed by atoms with van der Waals surface area (Å²) in [4.78, 5) is 37.2. The molecule has 1 heterocycles. The van der Waals surface area contributed by atoms with E-state index in [1.165, 1.54) is 11.3 Å². The monoisotopic (exact) mass is 385 g/mol. The molecule has 0 saturated heterocycles. The average molecular weight is 385 g/mol. The molecular formula is C20H23N3O3S. The van der Waals surface area contributed by atoms with Gasteiger partial charge >= 0.3 is 0 Å². The summed E-state index contributed by atoms with van der Waals surface area (Å²) in [5.74, 6) is -0.597. The summed E-state index contributed by atoms with van der Waals surface area (Å²) in [5.41, 5.74) is 0.947. The largest absolute Gasteiger partial charge is 0.351 e. The van der Waals surface area contributed by atoms with Crippen LogP contribution >= 0.6 is 11.3 Å². The van der Waals surface area contributed by atoms with E-state index in [0.29, 0.717) is 16.1 Å². The molecule has 0 unspecified atom stereocenters. The summed E-state index contributed by atoms with van der Waals surface area (Å²) in [5, 5.41) is 10.4. The van der Waals surface area contributed by atoms with Gasteiger partial charge in [-0.2, -0.15) is 0 Å². The van der Waals surface area contributed by atoms with Crippen molar-refractivity contribution < 1.29 is 14.4 Å². The number of rotatable bonds is 7. The maximum atomic E-state index is 12.5. The second-order valence-electron chi connectivity index (χ2n) is 6.53. The molecule has 6 nitrogen and oxygen atoms in total. The number of anilines is 1. The van der Waals surface area contributed by atoms with Crippen LogP contribution in [0.1, 0.15) is 52.1 Å². The second-order valence-corrected chi connectivity index (χ2v) is 7.48. The third-order valence-corrected chi connectivity index (χ3v) is 5.39. The molecule has 0 radical (unpaired) electrons. The minimum atomic E-state index is -0.248. The zero-order valence-corrected chi connectivity index (χ0v) is 15.8. The van der Waals surface area contributed by atoms with Crippen LogP contribution in [-0.2, 0) is 4.79 Å². The van der Waals surface area contributed by atoms with Crippen molar-refractivity contribution in [3.63, 3.8) is 0 Å². The lowest BCUT2D eigenvalue weighted by atomic mass is 10.1. The van der Waals surface area contributed by atoms with Crippen molar-refractivity contribution in [2.45, 2.75) is 38.1 Å². The van der Waals surface area contributed by atoms with Gasteiger partial charge in [0, 0.05) is 19.0 Å². The van der Waals surface area contributed by atoms with E-state index < -0.39 is 0 Å². The first-order chi connectivity index (χ1) is 13.1. The normalized spacial score (nSPS) is 13.9. The van der Waals surface area contributed by atoms with E-state index in [4.69, 9.17) is 0 Å². The highest BCUT2D eigenvalue weighted by Gasteiger charge is 2.20. The Morgan fingerprint density at radius 1 is 1.00 bits per heavy atom. The van der Waals surface area contributed by atoms with Crippen molar-refractivity contribution in [3.8, 4) is 0 Å². The molecule has 1 aromatic carbocycles. The highest BCUT2D eigenvalue weighted by Crippen LogP contribution is 2.20. The van der Waals surface area contributed by atoms with Crippen molar-refractivity contribution >= 4 is 34.7 Å². The lowest BCUT2D eigenvalue weighted by Crippen LogP contribution is -2.33. The van der Waals surface area contributed by atoms with E-state index in [2.05, 4.69) is 16.0 Å². The zero-order chi connectivity index (χ0) is 19.1. The molecule has 1 aromatic heterocycles. The minimum Gasteiger partial charge on any atom is -0.351 e. The lowest BCUT2D eigenvalue weighted by Gasteiger charge is -2.15. The average Bonchev–Trinajstić information content (AvgIpc) is 3.36. The van der Waals surface area contributed by atoms with Crippen LogP contribution in [0.3, 0.4) is 0 Å². The van der Waals surface area contributed by atoms with Gasteiger partial charge in [0.05, 0.1) is 16.1 Å². The molecule has 1 aliphatic rings. The summed E-state index contributed by atoms with van der Waals surface area (Å²) in [6.07, 6.45) is 4.42. The Morgan fingerprint density at radius 3 is 2.52 bits per heavy atom. The fraction of sp³-hybridized carbons (Fsp3) is 0.350. The molecule has 142 valence electrons. The standard InChI is InChI=1S/C20H23N3O3S/c24-18(11-12-21-20(26)17-10-5-13-27-17)23-16-9-4-3-8-15(16)19(25)22-14-6-1-2-7-14/h3-5,8-10,13-14H,1-2,6-7,11-12H2,(H,21,26)(H,22,25)(H,23,24). The van der Waals surface area contributed by atoms with Gasteiger partial charge in [-0.05, 0) is 36.4 Å². The highest BCUT2D eigenvalue weighted by atomic mass is 32.1. The lowest BCUT2D eigenvalue weighted by molar-refractivity contribution is -0.116. The van der Waals surface area contributed by atoms with Gasteiger partial charge in [0.1, 0.15) is 0 Å². The maximum Gasteiger partial charge on any atom is 0.261 e. The number of nitrogens with one attached hydrogen (secondary N) is 3. The van der Waals surface area contributed by atoms with Crippen molar-refractivity contribution in [1.82, 2.24) is 10.6 Å². The molecule has 2 aromatic rings. The van der Waals surface area contributed by atoms with Gasteiger partial charge in [0.2, 0.25) is 5.91 Å². The summed E-state index contributed by atoms with van der Waals surface area (Å²) in [6.45, 7) is 0.235. The Morgan fingerprint density at radius 2 is 1.78 bits per heavy atom. The SMILES string of the molecule is O=C(CCNC(=O)c1cccs1)Nc1ccccc1C(=O)NC1CCCC1. The number of amides is 3. The third kappa shape index (κ3) is 5.40. The fourth-order valence-corrected chi connectivity index (χ4v) is 3.76. The molecule has 3 amide bonds. The van der Waals surface area contributed by atoms with E-state index in [-0.39, 0.29) is 36.7 Å². The smallest absolute Gasteiger partial charge is 0.261 e. The van der Waals surface area contributed by atoms with Crippen LogP contribution in [0.5, 0.6) is 0 Å². The first kappa shape index (κ1) is 19.1. The zero-order valence-electron chi connectivity index (χ0n) is 15.0. The van der Waals surface area contributed by atoms with Crippen molar-refractivity contribution in [2.24, 2.45) is 0 Å². The molecule has 0 atom stereocenters. The molecule has 27 heavy (non-hydrogen) atoms. The minimum absolute atomic E-state index is 0.135. The van der Waals surface area contributed by atoms with Crippen LogP contribution in [0.2, 0.25) is 0 Å². The number of para-hydroxylation sites is 1. The summed E-state index contributed by atoms with van der Waals surface area (Å²) >= 11 is 1.35. The topological polar surface area (TPSA) is 87.3 Å². The molecular weight excluding hydrogens is 362 g/mol. The molecule has 0 spiro atoms. The Balaban J connectivity index is 1.51. The summed E-state index contributed by atoms with van der Waals surface area (Å²) < 4.78 is 0. The molecule has 1 saturated carbocycles. The second kappa shape index (κ2) is 9.32. The Hall–Kier alpha value is -2.67. The van der Waals surface area contributed by atoms with Gasteiger partial charge < -0.3 is 16.0 Å². The summed E-state index contributed by atoms with van der Waals surface area (Å²) in [7, 11) is 0. The van der Waals surface area contributed by atoms with Gasteiger partial charge in [0.25, 0.3) is 11.8 Å². The first-order valence-electron chi connectivity index (χ1n) is 9.15. The van der Waals surface area contributed by atoms with Crippen LogP contribution in [0, 0.1) is 0 Å². The number of thiophene rings is 1. The van der Waals surface area contributed by atoms with Crippen molar-refractivity contribution in [3.05, 3.63) is 52.2 Å². The van der Waals surface area contributed by atoms with E-state index in [9.17, 15) is 14.4 Å². The number of hydrogen-bond donors (Lipinski definition) is 3. The Bertz CT molecular complexity index is 799. The summed E-state index contributed by atoms with van der Waals surface area (Å²) in [6, 6.07) is 10.7. The van der Waals surface area contributed by atoms with Crippen LogP contribution in [0.15, 0.2) is 41.8 Å². The van der Waals surface area contributed by atoms with Gasteiger partial charge in [0.15, 0.2) is 0 Å². The molecule has 0 bridgehead atoms. The molecule has 7 heteroatoms. The quantitative estimate of drug-likeness (QED) is 0.684. The number of hydrogen-bond acceptors (Lipinski definition) is 4. The van der Waals surface area contributed by atoms with Crippen LogP contribution in [0.4, 0.5) is 5.69 Å². The van der Waals surface area contributed by atoms with E-state index in [1.54, 1.807) is 36.4 Å². The predicted octanol–water partition coefficient (Wildman–Crippen LogP) is 3.18. The van der Waals surface area contributed by atoms with E-state index in [1.807, 2.05) is 5.38 Å². The fourth-order valence-electron chi connectivity index (χ4n) is 3.12. The van der Waals surface area contributed by atoms with E-state index >= 15 is 0 Å². The number of carbonyl (C=O) groups is 3. The predicted molar refractivity (Wildman–Crippen MR) is 106 cm³/mol. The van der Waals surface area contributed by atoms with Crippen LogP contribution in [0.25, 0.3) is 0 Å². The Kier molecular flexibility index (Phi) is 6.59. The number of carbonyl (C=O) groups excluding carboxylic acids is 3. The van der Waals surface area contributed by atoms with Crippen molar-refractivity contribution in [1.29, 1.82) is 0 Å². The molecule has 1 fully saturated rings. The van der Waals surface area contributed by atoms with E-state index in [0.717, 1.165) is 25.7 Å². The van der Waals surface area contributed by atoms with Gasteiger partial charge in [-0.3, -0.25) is 14.4 Å². The molecule has 3 N–H and O–H groups in total. The van der Waals surface area contributed by atoms with Crippen LogP contribution in [-0.4, -0.2) is 30.3 Å². The van der Waals surface area contributed by atoms with Gasteiger partial charge in [-0.1, -0.05) is 31.0 Å². The third-order valence-electron chi connectivity index (χ3n) is 4.52. The molecule has 1 aliphatic carbocycles. The maximum absolute atomic E-state index is 12.5. The van der Waals surface area contributed by atoms with Gasteiger partial charge in [-0.25, -0.2) is 0 Å². The first-order valence-corrected chi connectivity index (χ1v) is 10.0. The Labute approximate surface area is 162 Å². The van der Waals surface area contributed by atoms with Crippen LogP contribution < -0.4 is 16.0 Å². The molecule has 3 rings (SSSR count). The highest BCUT2D eigenvalue weighted by molar-refractivity contribution is 7.12.